The van der Waals surface area contributed by atoms with Crippen molar-refractivity contribution in [3.05, 3.63) is 143 Å². The molecule has 1 aliphatic heterocycles. The topological polar surface area (TPSA) is 145 Å². The van der Waals surface area contributed by atoms with Crippen LogP contribution in [0.3, 0.4) is 0 Å². The molecule has 0 fully saturated rings. The standard InChI is InChI=1S/C38H36N4O6/c1-24(44)42-21-31(30-6-2-5-9-34(30)42)29-18-35(48-36(19-29)47-23-27-12-10-26(22-43)11-13-27)38(46)40-20-25-14-16-28(17-15-25)37(45)41-33-8-4-3-7-32(33)39/h2-18,21,29,36,43H,19-20,22-23,39H2,1H3,(H,40,46)(H,41,45)/t29-,36+/m0/s1. The number of aromatic nitrogens is 1. The molecule has 0 spiro atoms. The average molecular weight is 645 g/mol. The van der Waals surface area contributed by atoms with E-state index in [1.54, 1.807) is 59.2 Å². The van der Waals surface area contributed by atoms with Gasteiger partial charge in [-0.25, -0.2) is 0 Å². The van der Waals surface area contributed by atoms with Gasteiger partial charge in [0.1, 0.15) is 0 Å². The van der Waals surface area contributed by atoms with Gasteiger partial charge < -0.3 is 30.9 Å². The Hall–Kier alpha value is -5.71. The van der Waals surface area contributed by atoms with E-state index >= 15 is 0 Å². The quantitative estimate of drug-likeness (QED) is 0.139. The van der Waals surface area contributed by atoms with Crippen LogP contribution in [0.4, 0.5) is 11.4 Å². The number of hydrogen-bond donors (Lipinski definition) is 4. The lowest BCUT2D eigenvalue weighted by Gasteiger charge is -2.29. The largest absolute Gasteiger partial charge is 0.459 e. The summed E-state index contributed by atoms with van der Waals surface area (Å²) < 4.78 is 13.9. The number of amides is 2. The first-order chi connectivity index (χ1) is 23.3. The van der Waals surface area contributed by atoms with Crippen LogP contribution in [0, 0.1) is 0 Å². The molecule has 6 rings (SSSR count). The highest BCUT2D eigenvalue weighted by atomic mass is 16.7. The van der Waals surface area contributed by atoms with Gasteiger partial charge >= 0.3 is 0 Å². The van der Waals surface area contributed by atoms with Crippen LogP contribution in [0.1, 0.15) is 56.7 Å². The normalized spacial score (nSPS) is 15.8. The number of nitrogens with two attached hydrogens (primary N) is 1. The van der Waals surface area contributed by atoms with Crippen LogP contribution < -0.4 is 16.4 Å². The zero-order chi connectivity index (χ0) is 33.6. The van der Waals surface area contributed by atoms with Gasteiger partial charge in [0, 0.05) is 43.0 Å². The highest BCUT2D eigenvalue weighted by Gasteiger charge is 2.31. The Morgan fingerprint density at radius 3 is 2.31 bits per heavy atom. The first-order valence-electron chi connectivity index (χ1n) is 15.6. The fourth-order valence-electron chi connectivity index (χ4n) is 5.68. The SMILES string of the molecule is CC(=O)n1cc([C@H]2C=C(C(=O)NCc3ccc(C(=O)Nc4ccccc4N)cc3)O[C@@H](OCc3ccc(CO)cc3)C2)c2ccccc21. The van der Waals surface area contributed by atoms with Crippen LogP contribution in [-0.4, -0.2) is 33.7 Å². The van der Waals surface area contributed by atoms with Gasteiger partial charge in [-0.2, -0.15) is 0 Å². The van der Waals surface area contributed by atoms with Crippen molar-refractivity contribution in [3.8, 4) is 0 Å². The zero-order valence-corrected chi connectivity index (χ0v) is 26.4. The van der Waals surface area contributed by atoms with Gasteiger partial charge in [-0.05, 0) is 58.7 Å². The summed E-state index contributed by atoms with van der Waals surface area (Å²) in [7, 11) is 0. The fourth-order valence-corrected chi connectivity index (χ4v) is 5.68. The van der Waals surface area contributed by atoms with Crippen molar-refractivity contribution in [1.29, 1.82) is 0 Å². The fraction of sp³-hybridized carbons (Fsp3) is 0.184. The lowest BCUT2D eigenvalue weighted by molar-refractivity contribution is -0.150. The monoisotopic (exact) mass is 644 g/mol. The lowest BCUT2D eigenvalue weighted by Crippen LogP contribution is -2.32. The Kier molecular flexibility index (Phi) is 9.65. The summed E-state index contributed by atoms with van der Waals surface area (Å²) in [5.74, 6) is -0.987. The number of fused-ring (bicyclic) bond motifs is 1. The number of aliphatic hydroxyl groups excluding tert-OH is 1. The number of nitrogens with one attached hydrogen (secondary N) is 2. The van der Waals surface area contributed by atoms with E-state index in [0.29, 0.717) is 23.4 Å². The number of nitrogens with zero attached hydrogens (tertiary/aromatic N) is 1. The molecule has 4 aromatic carbocycles. The van der Waals surface area contributed by atoms with Crippen LogP contribution in [-0.2, 0) is 34.0 Å². The van der Waals surface area contributed by atoms with E-state index in [1.165, 1.54) is 6.92 Å². The first kappa shape index (κ1) is 32.2. The maximum Gasteiger partial charge on any atom is 0.286 e. The third kappa shape index (κ3) is 7.30. The molecule has 5 N–H and O–H groups in total. The van der Waals surface area contributed by atoms with Crippen LogP contribution in [0.2, 0.25) is 0 Å². The Labute approximate surface area is 277 Å². The lowest BCUT2D eigenvalue weighted by atomic mass is 9.92. The van der Waals surface area contributed by atoms with E-state index in [4.69, 9.17) is 15.2 Å². The second kappa shape index (κ2) is 14.4. The molecule has 5 aromatic rings. The minimum atomic E-state index is -0.742. The van der Waals surface area contributed by atoms with Crippen molar-refractivity contribution in [1.82, 2.24) is 9.88 Å². The Balaban J connectivity index is 1.18. The number of allylic oxidation sites excluding steroid dienone is 1. The van der Waals surface area contributed by atoms with Gasteiger partial charge in [-0.15, -0.1) is 0 Å². The predicted molar refractivity (Wildman–Crippen MR) is 183 cm³/mol. The van der Waals surface area contributed by atoms with Crippen molar-refractivity contribution in [2.24, 2.45) is 0 Å². The van der Waals surface area contributed by atoms with Crippen LogP contribution in [0.15, 0.2) is 115 Å². The van der Waals surface area contributed by atoms with E-state index < -0.39 is 12.2 Å². The molecular weight excluding hydrogens is 608 g/mol. The molecule has 1 aromatic heterocycles. The van der Waals surface area contributed by atoms with Crippen molar-refractivity contribution in [3.63, 3.8) is 0 Å². The van der Waals surface area contributed by atoms with Gasteiger partial charge in [-0.3, -0.25) is 19.0 Å². The molecule has 244 valence electrons. The molecule has 0 bridgehead atoms. The van der Waals surface area contributed by atoms with Crippen molar-refractivity contribution < 1.29 is 29.0 Å². The Bertz CT molecular complexity index is 1980. The molecule has 0 saturated carbocycles. The third-order valence-corrected chi connectivity index (χ3v) is 8.28. The summed E-state index contributed by atoms with van der Waals surface area (Å²) in [5.41, 5.74) is 11.6. The summed E-state index contributed by atoms with van der Waals surface area (Å²) in [4.78, 5) is 38.7. The van der Waals surface area contributed by atoms with Gasteiger partial charge in [0.2, 0.25) is 12.2 Å². The molecular formula is C38H36N4O6. The highest BCUT2D eigenvalue weighted by molar-refractivity contribution is 6.05. The van der Waals surface area contributed by atoms with E-state index in [9.17, 15) is 19.5 Å². The number of anilines is 2. The number of carbonyl (C=O) groups is 3. The number of ether oxygens (including phenoxy) is 2. The van der Waals surface area contributed by atoms with Crippen molar-refractivity contribution >= 4 is 40.0 Å². The average Bonchev–Trinajstić information content (AvgIpc) is 3.51. The van der Waals surface area contributed by atoms with E-state index in [0.717, 1.165) is 33.2 Å². The van der Waals surface area contributed by atoms with E-state index in [1.807, 2.05) is 54.7 Å². The maximum atomic E-state index is 13.5. The first-order valence-corrected chi connectivity index (χ1v) is 15.6. The van der Waals surface area contributed by atoms with Gasteiger partial charge in [0.15, 0.2) is 5.76 Å². The van der Waals surface area contributed by atoms with Crippen LogP contribution >= 0.6 is 0 Å². The molecule has 48 heavy (non-hydrogen) atoms. The molecule has 2 heterocycles. The van der Waals surface area contributed by atoms with Gasteiger partial charge in [0.05, 0.1) is 30.1 Å². The third-order valence-electron chi connectivity index (χ3n) is 8.28. The second-order valence-electron chi connectivity index (χ2n) is 11.6. The molecule has 0 aliphatic carbocycles. The number of benzene rings is 4. The second-order valence-corrected chi connectivity index (χ2v) is 11.6. The van der Waals surface area contributed by atoms with E-state index in [-0.39, 0.29) is 43.2 Å². The van der Waals surface area contributed by atoms with Crippen LogP contribution in [0.5, 0.6) is 0 Å². The molecule has 1 aliphatic rings. The molecule has 0 radical (unpaired) electrons. The summed E-state index contributed by atoms with van der Waals surface area (Å²) in [6.45, 7) is 1.91. The molecule has 2 amide bonds. The molecule has 10 nitrogen and oxygen atoms in total. The minimum absolute atomic E-state index is 0.0467. The number of aliphatic hydroxyl groups is 1. The number of nitrogen functional groups attached to an aromatic ring is 1. The smallest absolute Gasteiger partial charge is 0.286 e. The van der Waals surface area contributed by atoms with Gasteiger partial charge in [0.25, 0.3) is 11.8 Å². The summed E-state index contributed by atoms with van der Waals surface area (Å²) >= 11 is 0. The molecule has 0 saturated heterocycles. The number of carbonyl (C=O) groups excluding carboxylic acids is 3. The zero-order valence-electron chi connectivity index (χ0n) is 26.4. The van der Waals surface area contributed by atoms with Crippen molar-refractivity contribution in [2.75, 3.05) is 11.1 Å². The maximum absolute atomic E-state index is 13.5. The highest BCUT2D eigenvalue weighted by Crippen LogP contribution is 2.36. The number of para-hydroxylation sites is 3. The summed E-state index contributed by atoms with van der Waals surface area (Å²) in [5, 5.41) is 16.0. The van der Waals surface area contributed by atoms with Crippen LogP contribution in [0.25, 0.3) is 10.9 Å². The van der Waals surface area contributed by atoms with Crippen molar-refractivity contribution in [2.45, 2.75) is 45.3 Å². The molecule has 0 unspecified atom stereocenters. The number of hydrogen-bond acceptors (Lipinski definition) is 7. The Morgan fingerprint density at radius 2 is 1.58 bits per heavy atom. The van der Waals surface area contributed by atoms with E-state index in [2.05, 4.69) is 10.6 Å². The summed E-state index contributed by atoms with van der Waals surface area (Å²) in [6, 6.07) is 29.0. The minimum Gasteiger partial charge on any atom is -0.459 e. The summed E-state index contributed by atoms with van der Waals surface area (Å²) in [6.07, 6.45) is 3.29. The molecule has 10 heteroatoms. The Morgan fingerprint density at radius 1 is 0.896 bits per heavy atom. The predicted octanol–water partition coefficient (Wildman–Crippen LogP) is 5.88. The molecule has 2 atom stereocenters. The van der Waals surface area contributed by atoms with Gasteiger partial charge in [-0.1, -0.05) is 66.7 Å². The number of rotatable bonds is 10.